The van der Waals surface area contributed by atoms with Gasteiger partial charge in [-0.1, -0.05) is 29.8 Å². The van der Waals surface area contributed by atoms with Gasteiger partial charge < -0.3 is 14.7 Å². The molecular weight excluding hydrogens is 404 g/mol. The van der Waals surface area contributed by atoms with Crippen molar-refractivity contribution in [3.05, 3.63) is 52.3 Å². The van der Waals surface area contributed by atoms with E-state index in [1.165, 1.54) is 18.5 Å². The Bertz CT molecular complexity index is 998. The number of hydrogen-bond acceptors (Lipinski definition) is 3. The molecule has 0 fully saturated rings. The molecule has 0 aliphatic rings. The van der Waals surface area contributed by atoms with Crippen molar-refractivity contribution >= 4 is 44.6 Å². The van der Waals surface area contributed by atoms with Crippen LogP contribution in [-0.4, -0.2) is 15.8 Å². The van der Waals surface area contributed by atoms with Crippen LogP contribution in [0.4, 0.5) is 20.2 Å². The number of hydrogen-bond donors (Lipinski definition) is 1. The Morgan fingerprint density at radius 3 is 2.69 bits per heavy atom. The number of aldehydes is 1. The van der Waals surface area contributed by atoms with Crippen molar-refractivity contribution in [1.82, 2.24) is 9.55 Å². The van der Waals surface area contributed by atoms with Gasteiger partial charge in [-0.25, -0.2) is 13.8 Å². The summed E-state index contributed by atoms with van der Waals surface area (Å²) in [5.41, 5.74) is 0.979. The summed E-state index contributed by atoms with van der Waals surface area (Å²) in [7, 11) is 1.77. The van der Waals surface area contributed by atoms with Crippen molar-refractivity contribution in [2.45, 2.75) is 20.3 Å². The van der Waals surface area contributed by atoms with Gasteiger partial charge in [0.15, 0.2) is 5.82 Å². The van der Waals surface area contributed by atoms with E-state index in [4.69, 9.17) is 0 Å². The summed E-state index contributed by atoms with van der Waals surface area (Å²) in [6.45, 7) is 3.55. The first-order chi connectivity index (χ1) is 12.2. The van der Waals surface area contributed by atoms with Crippen molar-refractivity contribution in [2.24, 2.45) is 12.5 Å². The van der Waals surface area contributed by atoms with E-state index in [2.05, 4.69) is 26.2 Å². The summed E-state index contributed by atoms with van der Waals surface area (Å²) < 4.78 is 31.7. The molecule has 0 amide bonds. The SMILES string of the molecule is Cn1cnc2c(F)c(Nc3ccc(Br)cc3F)c(CC(C)(C)C=O)cc21. The Morgan fingerprint density at radius 1 is 1.31 bits per heavy atom. The van der Waals surface area contributed by atoms with Gasteiger partial charge in [0, 0.05) is 16.9 Å². The van der Waals surface area contributed by atoms with Gasteiger partial charge in [0.05, 0.1) is 23.2 Å². The number of fused-ring (bicyclic) bond motifs is 1. The number of nitrogens with one attached hydrogen (secondary N) is 1. The van der Waals surface area contributed by atoms with Gasteiger partial charge >= 0.3 is 0 Å². The molecule has 136 valence electrons. The molecule has 7 heteroatoms. The highest BCUT2D eigenvalue weighted by Crippen LogP contribution is 2.35. The molecule has 0 saturated carbocycles. The monoisotopic (exact) mass is 421 g/mol. The third-order valence-corrected chi connectivity index (χ3v) is 4.69. The smallest absolute Gasteiger partial charge is 0.174 e. The molecule has 2 aromatic carbocycles. The molecule has 1 aromatic heterocycles. The van der Waals surface area contributed by atoms with Crippen molar-refractivity contribution < 1.29 is 13.6 Å². The standard InChI is InChI=1S/C19H18BrF2N3O/c1-19(2,9-26)8-11-6-15-18(23-10-25(15)3)16(22)17(11)24-14-5-4-12(20)7-13(14)21/h4-7,9-10,24H,8H2,1-3H3. The molecule has 1 heterocycles. The summed E-state index contributed by atoms with van der Waals surface area (Å²) >= 11 is 3.20. The molecular formula is C19H18BrF2N3O. The van der Waals surface area contributed by atoms with E-state index in [9.17, 15) is 9.18 Å². The van der Waals surface area contributed by atoms with Gasteiger partial charge in [-0.05, 0) is 36.2 Å². The number of carbonyl (C=O) groups excluding carboxylic acids is 1. The first-order valence-corrected chi connectivity index (χ1v) is 8.82. The zero-order valence-electron chi connectivity index (χ0n) is 14.6. The number of aryl methyl sites for hydroxylation is 1. The van der Waals surface area contributed by atoms with Gasteiger partial charge in [-0.2, -0.15) is 0 Å². The van der Waals surface area contributed by atoms with Crippen LogP contribution in [0.15, 0.2) is 35.1 Å². The fourth-order valence-corrected chi connectivity index (χ4v) is 3.14. The van der Waals surface area contributed by atoms with Crippen molar-refractivity contribution in [2.75, 3.05) is 5.32 Å². The predicted molar refractivity (Wildman–Crippen MR) is 102 cm³/mol. The highest BCUT2D eigenvalue weighted by molar-refractivity contribution is 9.10. The number of carbonyl (C=O) groups is 1. The second-order valence-electron chi connectivity index (χ2n) is 6.98. The van der Waals surface area contributed by atoms with E-state index in [0.29, 0.717) is 22.0 Å². The summed E-state index contributed by atoms with van der Waals surface area (Å²) in [6, 6.07) is 6.28. The molecule has 0 radical (unpaired) electrons. The lowest BCUT2D eigenvalue weighted by atomic mass is 9.86. The number of rotatable bonds is 5. The molecule has 0 saturated heterocycles. The van der Waals surface area contributed by atoms with Crippen LogP contribution in [0.5, 0.6) is 0 Å². The zero-order valence-corrected chi connectivity index (χ0v) is 16.2. The third kappa shape index (κ3) is 3.49. The molecule has 0 aliphatic carbocycles. The predicted octanol–water partition coefficient (Wildman–Crippen LogP) is 5.13. The number of imidazole rings is 1. The Morgan fingerprint density at radius 2 is 2.04 bits per heavy atom. The van der Waals surface area contributed by atoms with Crippen LogP contribution in [-0.2, 0) is 18.3 Å². The maximum atomic E-state index is 15.2. The van der Waals surface area contributed by atoms with Crippen molar-refractivity contribution in [1.29, 1.82) is 0 Å². The van der Waals surface area contributed by atoms with E-state index in [-0.39, 0.29) is 16.9 Å². The lowest BCUT2D eigenvalue weighted by Crippen LogP contribution is -2.18. The highest BCUT2D eigenvalue weighted by atomic mass is 79.9. The molecule has 0 atom stereocenters. The molecule has 3 aromatic rings. The summed E-state index contributed by atoms with van der Waals surface area (Å²) in [5, 5.41) is 2.85. The normalized spacial score (nSPS) is 11.8. The Labute approximate surface area is 158 Å². The fraction of sp³-hybridized carbons (Fsp3) is 0.263. The minimum absolute atomic E-state index is 0.132. The Hall–Kier alpha value is -2.28. The van der Waals surface area contributed by atoms with Gasteiger partial charge in [-0.3, -0.25) is 0 Å². The van der Waals surface area contributed by atoms with E-state index in [1.807, 2.05) is 0 Å². The first kappa shape index (κ1) is 18.5. The van der Waals surface area contributed by atoms with Gasteiger partial charge in [0.2, 0.25) is 0 Å². The summed E-state index contributed by atoms with van der Waals surface area (Å²) in [5.74, 6) is -1.08. The van der Waals surface area contributed by atoms with E-state index >= 15 is 4.39 Å². The van der Waals surface area contributed by atoms with E-state index in [0.717, 1.165) is 6.29 Å². The fourth-order valence-electron chi connectivity index (χ4n) is 2.81. The molecule has 26 heavy (non-hydrogen) atoms. The highest BCUT2D eigenvalue weighted by Gasteiger charge is 2.24. The van der Waals surface area contributed by atoms with Crippen LogP contribution < -0.4 is 5.32 Å². The number of nitrogens with zero attached hydrogens (tertiary/aromatic N) is 2. The van der Waals surface area contributed by atoms with Crippen molar-refractivity contribution in [3.63, 3.8) is 0 Å². The van der Waals surface area contributed by atoms with Crippen LogP contribution in [0.2, 0.25) is 0 Å². The topological polar surface area (TPSA) is 46.9 Å². The van der Waals surface area contributed by atoms with Crippen LogP contribution in [0.3, 0.4) is 0 Å². The number of benzene rings is 2. The zero-order chi connectivity index (χ0) is 19.1. The van der Waals surface area contributed by atoms with Crippen LogP contribution in [0.1, 0.15) is 19.4 Å². The van der Waals surface area contributed by atoms with Gasteiger partial charge in [0.25, 0.3) is 0 Å². The second-order valence-corrected chi connectivity index (χ2v) is 7.90. The van der Waals surface area contributed by atoms with E-state index < -0.39 is 17.0 Å². The van der Waals surface area contributed by atoms with Gasteiger partial charge in [-0.15, -0.1) is 0 Å². The lowest BCUT2D eigenvalue weighted by Gasteiger charge is -2.21. The molecule has 0 bridgehead atoms. The molecule has 0 unspecified atom stereocenters. The average Bonchev–Trinajstić information content (AvgIpc) is 2.94. The van der Waals surface area contributed by atoms with Crippen LogP contribution in [0, 0.1) is 17.0 Å². The minimum Gasteiger partial charge on any atom is -0.350 e. The maximum Gasteiger partial charge on any atom is 0.174 e. The number of anilines is 2. The van der Waals surface area contributed by atoms with Crippen LogP contribution in [0.25, 0.3) is 11.0 Å². The third-order valence-electron chi connectivity index (χ3n) is 4.20. The molecule has 4 nitrogen and oxygen atoms in total. The van der Waals surface area contributed by atoms with Crippen molar-refractivity contribution in [3.8, 4) is 0 Å². The minimum atomic E-state index is -0.687. The average molecular weight is 422 g/mol. The second kappa shape index (κ2) is 6.79. The number of aromatic nitrogens is 2. The van der Waals surface area contributed by atoms with E-state index in [1.54, 1.807) is 37.6 Å². The van der Waals surface area contributed by atoms with Crippen LogP contribution >= 0.6 is 15.9 Å². The molecule has 3 rings (SSSR count). The molecule has 0 spiro atoms. The quantitative estimate of drug-likeness (QED) is 0.581. The Balaban J connectivity index is 2.17. The van der Waals surface area contributed by atoms with Gasteiger partial charge in [0.1, 0.15) is 17.6 Å². The maximum absolute atomic E-state index is 15.2. The first-order valence-electron chi connectivity index (χ1n) is 8.02. The lowest BCUT2D eigenvalue weighted by molar-refractivity contribution is -0.114. The largest absolute Gasteiger partial charge is 0.350 e. The summed E-state index contributed by atoms with van der Waals surface area (Å²) in [4.78, 5) is 15.5. The summed E-state index contributed by atoms with van der Waals surface area (Å²) in [6.07, 6.45) is 2.66. The molecule has 0 aliphatic heterocycles. The Kier molecular flexibility index (Phi) is 4.84. The number of halogens is 3. The molecule has 1 N–H and O–H groups in total.